The van der Waals surface area contributed by atoms with Crippen LogP contribution in [0.4, 0.5) is 0 Å². The van der Waals surface area contributed by atoms with Crippen LogP contribution in [-0.4, -0.2) is 31.5 Å². The summed E-state index contributed by atoms with van der Waals surface area (Å²) in [6.45, 7) is 0. The second-order valence-corrected chi connectivity index (χ2v) is 4.99. The normalized spacial score (nSPS) is 11.4. The van der Waals surface area contributed by atoms with Crippen LogP contribution in [0.15, 0.2) is 41.8 Å². The maximum atomic E-state index is 11.9. The molecule has 7 nitrogen and oxygen atoms in total. The van der Waals surface area contributed by atoms with Gasteiger partial charge in [-0.25, -0.2) is 10.4 Å². The van der Waals surface area contributed by atoms with E-state index in [2.05, 4.69) is 20.6 Å². The highest BCUT2D eigenvalue weighted by molar-refractivity contribution is 5.83. The minimum Gasteiger partial charge on any atom is -0.331 e. The summed E-state index contributed by atoms with van der Waals surface area (Å²) < 4.78 is 3.59. The van der Waals surface area contributed by atoms with Crippen molar-refractivity contribution in [3.8, 4) is 0 Å². The summed E-state index contributed by atoms with van der Waals surface area (Å²) in [5, 5.41) is 7.94. The van der Waals surface area contributed by atoms with Crippen LogP contribution in [0.25, 0.3) is 11.0 Å². The predicted molar refractivity (Wildman–Crippen MR) is 83.4 cm³/mol. The van der Waals surface area contributed by atoms with E-state index in [9.17, 15) is 4.79 Å². The first-order valence-electron chi connectivity index (χ1n) is 6.84. The van der Waals surface area contributed by atoms with Crippen LogP contribution in [0.3, 0.4) is 0 Å². The standard InChI is InChI=1S/C15H16N6O/c1-20-10-11(9-17-20)8-16-19-15(22)7-14-18-12-5-3-4-6-13(12)21(14)2/h3-6,8-10H,7H2,1-2H3,(H,19,22)/b16-8+. The third-order valence-corrected chi connectivity index (χ3v) is 3.33. The van der Waals surface area contributed by atoms with Gasteiger partial charge < -0.3 is 4.57 Å². The molecule has 0 saturated carbocycles. The highest BCUT2D eigenvalue weighted by atomic mass is 16.2. The summed E-state index contributed by atoms with van der Waals surface area (Å²) in [5.41, 5.74) is 5.21. The Balaban J connectivity index is 1.65. The molecule has 0 spiro atoms. The van der Waals surface area contributed by atoms with Gasteiger partial charge in [-0.3, -0.25) is 9.48 Å². The molecule has 0 aliphatic heterocycles. The topological polar surface area (TPSA) is 77.1 Å². The first-order chi connectivity index (χ1) is 10.6. The van der Waals surface area contributed by atoms with Crippen LogP contribution in [0, 0.1) is 0 Å². The Labute approximate surface area is 127 Å². The summed E-state index contributed by atoms with van der Waals surface area (Å²) >= 11 is 0. The highest BCUT2D eigenvalue weighted by Crippen LogP contribution is 2.14. The van der Waals surface area contributed by atoms with Gasteiger partial charge in [-0.1, -0.05) is 12.1 Å². The SMILES string of the molecule is Cn1cc(/C=N/NC(=O)Cc2nc3ccccc3n2C)cn1. The van der Waals surface area contributed by atoms with Gasteiger partial charge in [0.1, 0.15) is 5.82 Å². The summed E-state index contributed by atoms with van der Waals surface area (Å²) in [6, 6.07) is 7.78. The second kappa shape index (κ2) is 5.80. The summed E-state index contributed by atoms with van der Waals surface area (Å²) in [7, 11) is 3.72. The van der Waals surface area contributed by atoms with Crippen LogP contribution in [0.5, 0.6) is 0 Å². The van der Waals surface area contributed by atoms with E-state index >= 15 is 0 Å². The van der Waals surface area contributed by atoms with Crippen LogP contribution in [0.1, 0.15) is 11.4 Å². The van der Waals surface area contributed by atoms with Crippen molar-refractivity contribution in [1.29, 1.82) is 0 Å². The molecule has 0 unspecified atom stereocenters. The van der Waals surface area contributed by atoms with E-state index in [1.165, 1.54) is 0 Å². The molecule has 0 fully saturated rings. The lowest BCUT2D eigenvalue weighted by molar-refractivity contribution is -0.120. The Kier molecular flexibility index (Phi) is 3.69. The molecule has 7 heteroatoms. The van der Waals surface area contributed by atoms with Crippen LogP contribution >= 0.6 is 0 Å². The zero-order valence-corrected chi connectivity index (χ0v) is 12.4. The molecule has 3 aromatic rings. The number of carbonyl (C=O) groups is 1. The second-order valence-electron chi connectivity index (χ2n) is 4.99. The van der Waals surface area contributed by atoms with E-state index < -0.39 is 0 Å². The molecule has 112 valence electrons. The number of aromatic nitrogens is 4. The molecule has 2 aromatic heterocycles. The van der Waals surface area contributed by atoms with Gasteiger partial charge in [-0.15, -0.1) is 0 Å². The van der Waals surface area contributed by atoms with Crippen molar-refractivity contribution in [3.05, 3.63) is 48.0 Å². The van der Waals surface area contributed by atoms with Crippen LogP contribution in [0.2, 0.25) is 0 Å². The van der Waals surface area contributed by atoms with Gasteiger partial charge in [0.25, 0.3) is 0 Å². The van der Waals surface area contributed by atoms with Crippen molar-refractivity contribution in [2.45, 2.75) is 6.42 Å². The number of hydrogen-bond donors (Lipinski definition) is 1. The summed E-state index contributed by atoms with van der Waals surface area (Å²) in [6.07, 6.45) is 5.21. The van der Waals surface area contributed by atoms with Gasteiger partial charge >= 0.3 is 0 Å². The van der Waals surface area contributed by atoms with Crippen molar-refractivity contribution in [1.82, 2.24) is 24.8 Å². The largest absolute Gasteiger partial charge is 0.331 e. The lowest BCUT2D eigenvalue weighted by Crippen LogP contribution is -2.21. The van der Waals surface area contributed by atoms with Crippen LogP contribution < -0.4 is 5.43 Å². The number of rotatable bonds is 4. The van der Waals surface area contributed by atoms with E-state index in [1.54, 1.807) is 23.3 Å². The number of imidazole rings is 1. The van der Waals surface area contributed by atoms with E-state index in [0.717, 1.165) is 16.6 Å². The maximum absolute atomic E-state index is 11.9. The zero-order chi connectivity index (χ0) is 15.5. The number of para-hydroxylation sites is 2. The molecule has 22 heavy (non-hydrogen) atoms. The average Bonchev–Trinajstić information content (AvgIpc) is 3.04. The first-order valence-corrected chi connectivity index (χ1v) is 6.84. The van der Waals surface area contributed by atoms with Crippen molar-refractivity contribution < 1.29 is 4.79 Å². The molecule has 0 saturated heterocycles. The molecule has 0 aliphatic rings. The van der Waals surface area contributed by atoms with Gasteiger partial charge in [0.15, 0.2) is 0 Å². The Morgan fingerprint density at radius 1 is 1.36 bits per heavy atom. The van der Waals surface area contributed by atoms with Gasteiger partial charge in [-0.05, 0) is 12.1 Å². The summed E-state index contributed by atoms with van der Waals surface area (Å²) in [5.74, 6) is 0.494. The number of hydrazone groups is 1. The van der Waals surface area contributed by atoms with E-state index in [4.69, 9.17) is 0 Å². The number of nitrogens with one attached hydrogen (secondary N) is 1. The van der Waals surface area contributed by atoms with Gasteiger partial charge in [0.2, 0.25) is 5.91 Å². The van der Waals surface area contributed by atoms with Crippen LogP contribution in [-0.2, 0) is 25.3 Å². The van der Waals surface area contributed by atoms with Gasteiger partial charge in [0, 0.05) is 25.9 Å². The third kappa shape index (κ3) is 2.88. The fourth-order valence-electron chi connectivity index (χ4n) is 2.22. The molecule has 0 bridgehead atoms. The van der Waals surface area contributed by atoms with Crippen molar-refractivity contribution in [2.75, 3.05) is 0 Å². The molecule has 0 atom stereocenters. The predicted octanol–water partition coefficient (Wildman–Crippen LogP) is 1.000. The number of benzene rings is 1. The molecule has 1 amide bonds. The molecular formula is C15H16N6O. The Morgan fingerprint density at radius 3 is 2.91 bits per heavy atom. The Bertz CT molecular complexity index is 845. The number of carbonyl (C=O) groups excluding carboxylic acids is 1. The van der Waals surface area contributed by atoms with E-state index in [1.807, 2.05) is 42.9 Å². The molecular weight excluding hydrogens is 280 g/mol. The Hall–Kier alpha value is -2.96. The minimum atomic E-state index is -0.210. The average molecular weight is 296 g/mol. The zero-order valence-electron chi connectivity index (χ0n) is 12.4. The van der Waals surface area contributed by atoms with E-state index in [-0.39, 0.29) is 12.3 Å². The Morgan fingerprint density at radius 2 is 2.18 bits per heavy atom. The van der Waals surface area contributed by atoms with Crippen molar-refractivity contribution in [2.24, 2.45) is 19.2 Å². The minimum absolute atomic E-state index is 0.176. The molecule has 2 heterocycles. The molecule has 1 N–H and O–H groups in total. The maximum Gasteiger partial charge on any atom is 0.247 e. The van der Waals surface area contributed by atoms with Gasteiger partial charge in [-0.2, -0.15) is 10.2 Å². The number of fused-ring (bicyclic) bond motifs is 1. The summed E-state index contributed by atoms with van der Waals surface area (Å²) in [4.78, 5) is 16.4. The number of aryl methyl sites for hydroxylation is 2. The molecule has 1 aromatic carbocycles. The monoisotopic (exact) mass is 296 g/mol. The fourth-order valence-corrected chi connectivity index (χ4v) is 2.22. The fraction of sp³-hybridized carbons (Fsp3) is 0.200. The number of nitrogens with zero attached hydrogens (tertiary/aromatic N) is 5. The van der Waals surface area contributed by atoms with Gasteiger partial charge in [0.05, 0.1) is 29.9 Å². The quantitative estimate of drug-likeness (QED) is 0.576. The number of hydrogen-bond acceptors (Lipinski definition) is 4. The lowest BCUT2D eigenvalue weighted by atomic mass is 10.3. The number of amides is 1. The van der Waals surface area contributed by atoms with Crippen molar-refractivity contribution >= 4 is 23.2 Å². The van der Waals surface area contributed by atoms with E-state index in [0.29, 0.717) is 5.82 Å². The highest BCUT2D eigenvalue weighted by Gasteiger charge is 2.10. The van der Waals surface area contributed by atoms with Crippen molar-refractivity contribution in [3.63, 3.8) is 0 Å². The first kappa shape index (κ1) is 14.0. The molecule has 3 rings (SSSR count). The smallest absolute Gasteiger partial charge is 0.247 e. The third-order valence-electron chi connectivity index (χ3n) is 3.33. The molecule has 0 radical (unpaired) electrons. The molecule has 0 aliphatic carbocycles. The lowest BCUT2D eigenvalue weighted by Gasteiger charge is -2.01.